The predicted octanol–water partition coefficient (Wildman–Crippen LogP) is 2.16. The van der Waals surface area contributed by atoms with Crippen LogP contribution in [0.3, 0.4) is 0 Å². The molecule has 1 saturated carbocycles. The van der Waals surface area contributed by atoms with Crippen molar-refractivity contribution in [1.82, 2.24) is 9.62 Å². The van der Waals surface area contributed by atoms with Gasteiger partial charge in [0.25, 0.3) is 0 Å². The molecule has 128 valence electrons. The highest BCUT2D eigenvalue weighted by molar-refractivity contribution is 7.89. The topological polar surface area (TPSA) is 58.6 Å². The summed E-state index contributed by atoms with van der Waals surface area (Å²) in [6, 6.07) is 5.90. The van der Waals surface area contributed by atoms with Gasteiger partial charge in [-0.25, -0.2) is 13.1 Å². The second-order valence-electron chi connectivity index (χ2n) is 6.59. The molecule has 1 aliphatic carbocycles. The highest BCUT2D eigenvalue weighted by Gasteiger charge is 2.34. The van der Waals surface area contributed by atoms with Crippen LogP contribution >= 0.6 is 0 Å². The molecule has 0 radical (unpaired) electrons. The molecule has 1 saturated heterocycles. The van der Waals surface area contributed by atoms with Crippen molar-refractivity contribution in [1.29, 1.82) is 0 Å². The Morgan fingerprint density at radius 3 is 2.74 bits per heavy atom. The maximum atomic E-state index is 12.5. The van der Waals surface area contributed by atoms with Crippen LogP contribution in [0.5, 0.6) is 5.75 Å². The average molecular weight is 338 g/mol. The minimum atomic E-state index is -3.46. The smallest absolute Gasteiger partial charge is 0.240 e. The van der Waals surface area contributed by atoms with E-state index >= 15 is 0 Å². The Balaban J connectivity index is 1.60. The van der Waals surface area contributed by atoms with Gasteiger partial charge >= 0.3 is 0 Å². The number of nitrogens with zero attached hydrogens (tertiary/aromatic N) is 1. The molecule has 2 fully saturated rings. The molecule has 6 heteroatoms. The summed E-state index contributed by atoms with van der Waals surface area (Å²) in [5.41, 5.74) is 0.717. The van der Waals surface area contributed by atoms with Gasteiger partial charge in [-0.2, -0.15) is 0 Å². The number of hydrogen-bond donors (Lipinski definition) is 1. The monoisotopic (exact) mass is 338 g/mol. The number of rotatable bonds is 7. The lowest BCUT2D eigenvalue weighted by Gasteiger charge is -2.16. The zero-order valence-corrected chi connectivity index (χ0v) is 14.7. The molecule has 0 aromatic heterocycles. The molecular formula is C17H26N2O3S. The summed E-state index contributed by atoms with van der Waals surface area (Å²) in [5, 5.41) is 0. The molecular weight excluding hydrogens is 312 g/mol. The Hall–Kier alpha value is -1.11. The van der Waals surface area contributed by atoms with Crippen LogP contribution in [0, 0.1) is 12.8 Å². The number of ether oxygens (including phenoxy) is 1. The number of benzene rings is 1. The first-order chi connectivity index (χ1) is 11.0. The first-order valence-corrected chi connectivity index (χ1v) is 9.95. The first-order valence-electron chi connectivity index (χ1n) is 8.46. The minimum Gasteiger partial charge on any atom is -0.494 e. The predicted molar refractivity (Wildman–Crippen MR) is 90.2 cm³/mol. The molecule has 1 aromatic carbocycles. The SMILES string of the molecule is CCOc1ccc(S(=O)(=O)NC[C@@H]2CCN(C3CC3)C2)c(C)c1. The number of aryl methyl sites for hydroxylation is 1. The molecule has 1 N–H and O–H groups in total. The van der Waals surface area contributed by atoms with Crippen molar-refractivity contribution in [3.8, 4) is 5.75 Å². The van der Waals surface area contributed by atoms with Gasteiger partial charge in [-0.3, -0.25) is 0 Å². The number of sulfonamides is 1. The molecule has 1 aromatic rings. The number of hydrogen-bond acceptors (Lipinski definition) is 4. The van der Waals surface area contributed by atoms with Crippen LogP contribution in [0.25, 0.3) is 0 Å². The number of nitrogens with one attached hydrogen (secondary N) is 1. The third-order valence-corrected chi connectivity index (χ3v) is 6.27. The molecule has 1 heterocycles. The van der Waals surface area contributed by atoms with Crippen molar-refractivity contribution in [2.24, 2.45) is 5.92 Å². The van der Waals surface area contributed by atoms with E-state index in [-0.39, 0.29) is 0 Å². The molecule has 0 amide bonds. The fourth-order valence-corrected chi connectivity index (χ4v) is 4.63. The van der Waals surface area contributed by atoms with Crippen LogP contribution in [-0.4, -0.2) is 45.6 Å². The van der Waals surface area contributed by atoms with E-state index in [0.29, 0.717) is 29.7 Å². The van der Waals surface area contributed by atoms with Crippen LogP contribution in [-0.2, 0) is 10.0 Å². The molecule has 1 atom stereocenters. The molecule has 0 unspecified atom stereocenters. The number of likely N-dealkylation sites (tertiary alicyclic amines) is 1. The normalized spacial score (nSPS) is 22.4. The highest BCUT2D eigenvalue weighted by Crippen LogP contribution is 2.31. The minimum absolute atomic E-state index is 0.345. The van der Waals surface area contributed by atoms with Crippen molar-refractivity contribution in [2.75, 3.05) is 26.2 Å². The van der Waals surface area contributed by atoms with Gasteiger partial charge in [-0.05, 0) is 69.3 Å². The summed E-state index contributed by atoms with van der Waals surface area (Å²) in [4.78, 5) is 2.85. The zero-order chi connectivity index (χ0) is 16.4. The van der Waals surface area contributed by atoms with Crippen LogP contribution in [0.4, 0.5) is 0 Å². The standard InChI is InChI=1S/C17H26N2O3S/c1-3-22-16-6-7-17(13(2)10-16)23(20,21)18-11-14-8-9-19(12-14)15-4-5-15/h6-7,10,14-15,18H,3-5,8-9,11-12H2,1-2H3/t14-/m0/s1. The summed E-state index contributed by atoms with van der Waals surface area (Å²) in [7, 11) is -3.46. The fraction of sp³-hybridized carbons (Fsp3) is 0.647. The molecule has 1 aliphatic heterocycles. The second-order valence-corrected chi connectivity index (χ2v) is 8.33. The Morgan fingerprint density at radius 1 is 1.30 bits per heavy atom. The van der Waals surface area contributed by atoms with Gasteiger partial charge < -0.3 is 9.64 Å². The van der Waals surface area contributed by atoms with E-state index in [9.17, 15) is 8.42 Å². The van der Waals surface area contributed by atoms with Gasteiger partial charge in [-0.1, -0.05) is 0 Å². The second kappa shape index (κ2) is 6.79. The Bertz CT molecular complexity index is 656. The first kappa shape index (κ1) is 16.7. The summed E-state index contributed by atoms with van der Waals surface area (Å²) >= 11 is 0. The molecule has 2 aliphatic rings. The summed E-state index contributed by atoms with van der Waals surface area (Å²) in [6.07, 6.45) is 3.70. The van der Waals surface area contributed by atoms with Gasteiger partial charge in [0.1, 0.15) is 5.75 Å². The van der Waals surface area contributed by atoms with Crippen molar-refractivity contribution in [3.05, 3.63) is 23.8 Å². The van der Waals surface area contributed by atoms with E-state index < -0.39 is 10.0 Å². The van der Waals surface area contributed by atoms with Gasteiger partial charge in [0, 0.05) is 19.1 Å². The third kappa shape index (κ3) is 4.05. The van der Waals surface area contributed by atoms with Gasteiger partial charge in [0.05, 0.1) is 11.5 Å². The Labute approximate surface area is 139 Å². The molecule has 5 nitrogen and oxygen atoms in total. The Kier molecular flexibility index (Phi) is 4.94. The maximum absolute atomic E-state index is 12.5. The van der Waals surface area contributed by atoms with Crippen LogP contribution in [0.15, 0.2) is 23.1 Å². The van der Waals surface area contributed by atoms with E-state index in [1.54, 1.807) is 18.2 Å². The fourth-order valence-electron chi connectivity index (χ4n) is 3.29. The lowest BCUT2D eigenvalue weighted by Crippen LogP contribution is -2.31. The molecule has 23 heavy (non-hydrogen) atoms. The Morgan fingerprint density at radius 2 is 2.09 bits per heavy atom. The van der Waals surface area contributed by atoms with Crippen molar-refractivity contribution in [3.63, 3.8) is 0 Å². The molecule has 0 spiro atoms. The van der Waals surface area contributed by atoms with Gasteiger partial charge in [-0.15, -0.1) is 0 Å². The maximum Gasteiger partial charge on any atom is 0.240 e. The average Bonchev–Trinajstić information content (AvgIpc) is 3.24. The third-order valence-electron chi connectivity index (χ3n) is 4.69. The van der Waals surface area contributed by atoms with E-state index in [1.807, 2.05) is 13.8 Å². The van der Waals surface area contributed by atoms with E-state index in [1.165, 1.54) is 12.8 Å². The highest BCUT2D eigenvalue weighted by atomic mass is 32.2. The van der Waals surface area contributed by atoms with Crippen molar-refractivity contribution in [2.45, 2.75) is 44.0 Å². The quantitative estimate of drug-likeness (QED) is 0.828. The van der Waals surface area contributed by atoms with E-state index in [0.717, 1.165) is 31.1 Å². The van der Waals surface area contributed by atoms with Crippen LogP contribution in [0.2, 0.25) is 0 Å². The van der Waals surface area contributed by atoms with Crippen LogP contribution < -0.4 is 9.46 Å². The zero-order valence-electron chi connectivity index (χ0n) is 13.9. The largest absolute Gasteiger partial charge is 0.494 e. The van der Waals surface area contributed by atoms with Gasteiger partial charge in [0.15, 0.2) is 0 Å². The van der Waals surface area contributed by atoms with E-state index in [4.69, 9.17) is 4.74 Å². The lowest BCUT2D eigenvalue weighted by atomic mass is 10.1. The molecule has 0 bridgehead atoms. The van der Waals surface area contributed by atoms with Crippen LogP contribution in [0.1, 0.15) is 31.7 Å². The summed E-state index contributed by atoms with van der Waals surface area (Å²) < 4.78 is 33.3. The van der Waals surface area contributed by atoms with Gasteiger partial charge in [0.2, 0.25) is 10.0 Å². The lowest BCUT2D eigenvalue weighted by molar-refractivity contribution is 0.314. The molecule has 3 rings (SSSR count). The summed E-state index contributed by atoms with van der Waals surface area (Å²) in [5.74, 6) is 1.13. The van der Waals surface area contributed by atoms with E-state index in [2.05, 4.69) is 9.62 Å². The summed E-state index contributed by atoms with van der Waals surface area (Å²) in [6.45, 7) is 6.95. The van der Waals surface area contributed by atoms with Crippen molar-refractivity contribution >= 4 is 10.0 Å². The van der Waals surface area contributed by atoms with Crippen molar-refractivity contribution < 1.29 is 13.2 Å².